The topological polar surface area (TPSA) is 68.3 Å². The van der Waals surface area contributed by atoms with Gasteiger partial charge in [0.1, 0.15) is 0 Å². The first-order chi connectivity index (χ1) is 10.5. The van der Waals surface area contributed by atoms with E-state index in [1.54, 1.807) is 6.07 Å². The lowest BCUT2D eigenvalue weighted by Gasteiger charge is -2.43. The molecule has 1 fully saturated rings. The molecule has 0 radical (unpaired) electrons. The van der Waals surface area contributed by atoms with Crippen LogP contribution in [0.3, 0.4) is 0 Å². The van der Waals surface area contributed by atoms with E-state index < -0.39 is 6.04 Å². The molecule has 2 unspecified atom stereocenters. The second-order valence-electron chi connectivity index (χ2n) is 7.18. The van der Waals surface area contributed by atoms with Gasteiger partial charge in [-0.05, 0) is 30.7 Å². The van der Waals surface area contributed by atoms with Crippen LogP contribution in [0.4, 0.5) is 0 Å². The average Bonchev–Trinajstić information content (AvgIpc) is 2.46. The molecule has 5 nitrogen and oxygen atoms in total. The molecule has 3 rings (SSSR count). The van der Waals surface area contributed by atoms with Crippen LogP contribution < -0.4 is 11.3 Å². The van der Waals surface area contributed by atoms with E-state index in [0.717, 1.165) is 25.1 Å². The summed E-state index contributed by atoms with van der Waals surface area (Å²) in [4.78, 5) is 26.5. The zero-order valence-corrected chi connectivity index (χ0v) is 14.6. The van der Waals surface area contributed by atoms with E-state index in [2.05, 4.69) is 13.8 Å². The number of nitrogens with two attached hydrogens (primary N) is 1. The summed E-state index contributed by atoms with van der Waals surface area (Å²) in [6.07, 6.45) is 1.79. The number of nitrogens with zero attached hydrogens (tertiary/aromatic N) is 2. The first-order valence-electron chi connectivity index (χ1n) is 8.19. The van der Waals surface area contributed by atoms with Crippen molar-refractivity contribution in [3.63, 3.8) is 0 Å². The highest BCUT2D eigenvalue weighted by Crippen LogP contribution is 2.35. The molecule has 1 saturated heterocycles. The Morgan fingerprint density at radius 2 is 2.04 bits per heavy atom. The lowest BCUT2D eigenvalue weighted by molar-refractivity contribution is -0.135. The minimum atomic E-state index is -0.406. The number of hydrogen-bond donors (Lipinski definition) is 1. The molecule has 0 spiro atoms. The Kier molecular flexibility index (Phi) is 5.53. The number of carbonyl (C=O) groups excluding carboxylic acids is 1. The molecule has 3 atom stereocenters. The molecule has 2 aliphatic heterocycles. The van der Waals surface area contributed by atoms with Gasteiger partial charge in [0.25, 0.3) is 5.56 Å². The van der Waals surface area contributed by atoms with E-state index in [4.69, 9.17) is 5.73 Å². The van der Waals surface area contributed by atoms with Crippen LogP contribution in [0.5, 0.6) is 0 Å². The molecule has 2 aliphatic rings. The van der Waals surface area contributed by atoms with Crippen molar-refractivity contribution in [3.8, 4) is 0 Å². The molecule has 6 heteroatoms. The SMILES string of the molecule is CC(C)C[C@H](N)C(=O)N1CC2CC(C1)c1cccc(=O)n1C2.Cl. The first-order valence-corrected chi connectivity index (χ1v) is 8.19. The lowest BCUT2D eigenvalue weighted by Crippen LogP contribution is -2.53. The third kappa shape index (κ3) is 3.61. The highest BCUT2D eigenvalue weighted by Gasteiger charge is 2.37. The predicted octanol–water partition coefficient (Wildman–Crippen LogP) is 1.59. The zero-order chi connectivity index (χ0) is 15.9. The molecular formula is C17H26ClN3O2. The van der Waals surface area contributed by atoms with E-state index in [9.17, 15) is 9.59 Å². The van der Waals surface area contributed by atoms with Crippen molar-refractivity contribution in [2.24, 2.45) is 17.6 Å². The van der Waals surface area contributed by atoms with Crippen LogP contribution in [-0.2, 0) is 11.3 Å². The van der Waals surface area contributed by atoms with E-state index in [1.807, 2.05) is 21.6 Å². The molecule has 1 aromatic heterocycles. The molecule has 1 aromatic rings. The van der Waals surface area contributed by atoms with Crippen molar-refractivity contribution in [2.75, 3.05) is 13.1 Å². The van der Waals surface area contributed by atoms with Crippen molar-refractivity contribution in [3.05, 3.63) is 34.2 Å². The van der Waals surface area contributed by atoms with Crippen molar-refractivity contribution in [1.29, 1.82) is 0 Å². The summed E-state index contributed by atoms with van der Waals surface area (Å²) < 4.78 is 1.88. The highest BCUT2D eigenvalue weighted by atomic mass is 35.5. The van der Waals surface area contributed by atoms with Gasteiger partial charge in [0.2, 0.25) is 5.91 Å². The van der Waals surface area contributed by atoms with Crippen LogP contribution >= 0.6 is 12.4 Å². The fraction of sp³-hybridized carbons (Fsp3) is 0.647. The average molecular weight is 340 g/mol. The van der Waals surface area contributed by atoms with Gasteiger partial charge in [-0.1, -0.05) is 19.9 Å². The standard InChI is InChI=1S/C17H25N3O2.ClH/c1-11(2)6-14(18)17(22)19-8-12-7-13(10-19)15-4-3-5-16(21)20(15)9-12;/h3-5,11-14H,6-10,18H2,1-2H3;1H/t12?,13?,14-;/m0./s1. The van der Waals surface area contributed by atoms with Gasteiger partial charge in [-0.3, -0.25) is 9.59 Å². The molecule has 2 N–H and O–H groups in total. The maximum Gasteiger partial charge on any atom is 0.250 e. The lowest BCUT2D eigenvalue weighted by atomic mass is 9.83. The Labute approximate surface area is 143 Å². The highest BCUT2D eigenvalue weighted by molar-refractivity contribution is 5.85. The van der Waals surface area contributed by atoms with Crippen molar-refractivity contribution >= 4 is 18.3 Å². The van der Waals surface area contributed by atoms with Gasteiger partial charge in [-0.25, -0.2) is 0 Å². The number of fused-ring (bicyclic) bond motifs is 4. The molecule has 128 valence electrons. The number of piperidine rings is 1. The second-order valence-corrected chi connectivity index (χ2v) is 7.18. The van der Waals surface area contributed by atoms with E-state index in [-0.39, 0.29) is 29.8 Å². The van der Waals surface area contributed by atoms with E-state index >= 15 is 0 Å². The Morgan fingerprint density at radius 1 is 1.30 bits per heavy atom. The smallest absolute Gasteiger partial charge is 0.250 e. The quantitative estimate of drug-likeness (QED) is 0.909. The van der Waals surface area contributed by atoms with Gasteiger partial charge in [-0.2, -0.15) is 0 Å². The molecule has 23 heavy (non-hydrogen) atoms. The Morgan fingerprint density at radius 3 is 2.74 bits per heavy atom. The Balaban J connectivity index is 0.00000192. The van der Waals surface area contributed by atoms with Crippen molar-refractivity contribution < 1.29 is 4.79 Å². The minimum Gasteiger partial charge on any atom is -0.340 e. The molecule has 1 amide bonds. The van der Waals surface area contributed by atoms with Crippen LogP contribution in [0.2, 0.25) is 0 Å². The molecule has 2 bridgehead atoms. The maximum atomic E-state index is 12.6. The third-order valence-corrected chi connectivity index (χ3v) is 4.83. The number of pyridine rings is 1. The number of likely N-dealkylation sites (tertiary alicyclic amines) is 1. The fourth-order valence-electron chi connectivity index (χ4n) is 3.92. The summed E-state index contributed by atoms with van der Waals surface area (Å²) in [6.45, 7) is 6.29. The van der Waals surface area contributed by atoms with Gasteiger partial charge in [0.15, 0.2) is 0 Å². The van der Waals surface area contributed by atoms with Gasteiger partial charge < -0.3 is 15.2 Å². The fourth-order valence-corrected chi connectivity index (χ4v) is 3.92. The molecule has 3 heterocycles. The Hall–Kier alpha value is -1.33. The normalized spacial score (nSPS) is 23.9. The van der Waals surface area contributed by atoms with Crippen LogP contribution in [0.15, 0.2) is 23.0 Å². The molecule has 0 saturated carbocycles. The van der Waals surface area contributed by atoms with Crippen LogP contribution in [0.25, 0.3) is 0 Å². The zero-order valence-electron chi connectivity index (χ0n) is 13.8. The number of halogens is 1. The summed E-state index contributed by atoms with van der Waals surface area (Å²) in [7, 11) is 0. The number of rotatable bonds is 3. The van der Waals surface area contributed by atoms with Crippen molar-refractivity contribution in [1.82, 2.24) is 9.47 Å². The number of amides is 1. The van der Waals surface area contributed by atoms with Gasteiger partial charge in [0, 0.05) is 37.3 Å². The van der Waals surface area contributed by atoms with Gasteiger partial charge >= 0.3 is 0 Å². The minimum absolute atomic E-state index is 0. The van der Waals surface area contributed by atoms with Crippen molar-refractivity contribution in [2.45, 2.75) is 45.2 Å². The molecule has 0 aliphatic carbocycles. The summed E-state index contributed by atoms with van der Waals surface area (Å²) in [5.74, 6) is 1.11. The largest absolute Gasteiger partial charge is 0.340 e. The summed E-state index contributed by atoms with van der Waals surface area (Å²) in [5, 5.41) is 0. The number of hydrogen-bond acceptors (Lipinski definition) is 3. The van der Waals surface area contributed by atoms with Gasteiger partial charge in [-0.15, -0.1) is 12.4 Å². The van der Waals surface area contributed by atoms with E-state index in [1.165, 1.54) is 0 Å². The number of aromatic nitrogens is 1. The second kappa shape index (κ2) is 7.05. The summed E-state index contributed by atoms with van der Waals surface area (Å²) in [6, 6.07) is 5.05. The van der Waals surface area contributed by atoms with Gasteiger partial charge in [0.05, 0.1) is 6.04 Å². The molecule has 0 aromatic carbocycles. The van der Waals surface area contributed by atoms with E-state index in [0.29, 0.717) is 24.9 Å². The molecular weight excluding hydrogens is 314 g/mol. The first kappa shape index (κ1) is 18.0. The predicted molar refractivity (Wildman–Crippen MR) is 92.8 cm³/mol. The number of carbonyl (C=O) groups is 1. The Bertz CT molecular complexity index is 629. The summed E-state index contributed by atoms with van der Waals surface area (Å²) in [5.41, 5.74) is 7.21. The monoisotopic (exact) mass is 339 g/mol. The van der Waals surface area contributed by atoms with Crippen LogP contribution in [0.1, 0.15) is 38.3 Å². The summed E-state index contributed by atoms with van der Waals surface area (Å²) >= 11 is 0. The van der Waals surface area contributed by atoms with Crippen LogP contribution in [-0.4, -0.2) is 34.5 Å². The third-order valence-electron chi connectivity index (χ3n) is 4.83. The van der Waals surface area contributed by atoms with Crippen LogP contribution in [0, 0.1) is 11.8 Å². The maximum absolute atomic E-state index is 12.6.